The van der Waals surface area contributed by atoms with Crippen LogP contribution in [0.25, 0.3) is 0 Å². The third kappa shape index (κ3) is 4.69. The Balaban J connectivity index is 0.000000913. The van der Waals surface area contributed by atoms with Crippen molar-refractivity contribution < 1.29 is 0 Å². The molecule has 1 saturated heterocycles. The molecule has 0 bridgehead atoms. The molecule has 1 fully saturated rings. The minimum atomic E-state index is 0.110. The van der Waals surface area contributed by atoms with Crippen molar-refractivity contribution in [3.8, 4) is 0 Å². The van der Waals surface area contributed by atoms with Gasteiger partial charge in [0, 0.05) is 16.8 Å². The smallest absolute Gasteiger partial charge is 0.331 e. The molecular weight excluding hydrogens is 388 g/mol. The second-order valence-corrected chi connectivity index (χ2v) is 10.3. The minimum absolute atomic E-state index is 0.110. The molecule has 0 saturated carbocycles. The first-order chi connectivity index (χ1) is 15.4. The Morgan fingerprint density at radius 2 is 1.59 bits per heavy atom. The molecule has 2 heterocycles. The number of hydrogen-bond donors (Lipinski definition) is 0. The first-order valence-electron chi connectivity index (χ1n) is 13.2. The first-order valence-corrected chi connectivity index (χ1v) is 13.2. The number of nitrogens with zero attached hydrogens (tertiary/aromatic N) is 3. The van der Waals surface area contributed by atoms with Gasteiger partial charge in [0.15, 0.2) is 0 Å². The van der Waals surface area contributed by atoms with Crippen molar-refractivity contribution in [1.29, 1.82) is 0 Å². The molecule has 3 nitrogen and oxygen atoms in total. The lowest BCUT2D eigenvalue weighted by atomic mass is 9.55. The normalized spacial score (nSPS) is 22.0. The van der Waals surface area contributed by atoms with Gasteiger partial charge in [-0.2, -0.15) is 0 Å². The van der Waals surface area contributed by atoms with Crippen LogP contribution in [0.15, 0.2) is 53.8 Å². The molecule has 2 aliphatic heterocycles. The fourth-order valence-electron chi connectivity index (χ4n) is 5.94. The summed E-state index contributed by atoms with van der Waals surface area (Å²) in [5.74, 6) is 0. The highest BCUT2D eigenvalue weighted by Crippen LogP contribution is 2.52. The fraction of sp³-hybridized carbons (Fsp3) is 0.630. The Kier molecular flexibility index (Phi) is 8.61. The second kappa shape index (κ2) is 11.0. The van der Waals surface area contributed by atoms with Crippen LogP contribution in [0.2, 0.25) is 13.6 Å². The van der Waals surface area contributed by atoms with E-state index in [-0.39, 0.29) is 5.41 Å². The number of hydrogen-bond acceptors (Lipinski definition) is 3. The van der Waals surface area contributed by atoms with Gasteiger partial charge >= 0.3 is 14.0 Å². The van der Waals surface area contributed by atoms with Crippen molar-refractivity contribution in [3.63, 3.8) is 0 Å². The third-order valence-corrected chi connectivity index (χ3v) is 7.41. The summed E-state index contributed by atoms with van der Waals surface area (Å²) in [6.07, 6.45) is 14.0. The van der Waals surface area contributed by atoms with Crippen LogP contribution in [-0.4, -0.2) is 36.2 Å². The number of fused-ring (bicyclic) bond motifs is 2. The number of allylic oxidation sites excluding steroid dienone is 3. The predicted octanol–water partition coefficient (Wildman–Crippen LogP) is 7.31. The summed E-state index contributed by atoms with van der Waals surface area (Å²) < 4.78 is 2.74. The number of rotatable bonds is 6. The van der Waals surface area contributed by atoms with Crippen LogP contribution in [0.5, 0.6) is 0 Å². The quantitative estimate of drug-likeness (QED) is 0.344. The van der Waals surface area contributed by atoms with E-state index in [0.29, 0.717) is 20.1 Å². The van der Waals surface area contributed by atoms with Gasteiger partial charge in [-0.25, -0.2) is 0 Å². The van der Waals surface area contributed by atoms with Gasteiger partial charge in [-0.15, -0.1) is 0 Å². The lowest BCUT2D eigenvalue weighted by Crippen LogP contribution is -2.74. The van der Waals surface area contributed by atoms with Gasteiger partial charge in [0.2, 0.25) is 0 Å². The van der Waals surface area contributed by atoms with E-state index in [1.54, 1.807) is 11.3 Å². The molecule has 4 rings (SSSR count). The lowest BCUT2D eigenvalue weighted by Gasteiger charge is -2.57. The first kappa shape index (κ1) is 25.0. The van der Waals surface area contributed by atoms with Gasteiger partial charge in [0.25, 0.3) is 0 Å². The molecule has 0 spiro atoms. The zero-order valence-corrected chi connectivity index (χ0v) is 21.8. The SMILES string of the molecule is CCC.CCCCCCN1B(C)N2C3=C(C=CCC3)C(C)(C)C2N(c2ccccc2)B1C. The van der Waals surface area contributed by atoms with Crippen molar-refractivity contribution >= 4 is 19.7 Å². The summed E-state index contributed by atoms with van der Waals surface area (Å²) in [5.41, 5.74) is 4.60. The molecule has 1 atom stereocenters. The number of benzene rings is 1. The molecule has 1 aromatic rings. The highest BCUT2D eigenvalue weighted by atomic mass is 15.4. The predicted molar refractivity (Wildman–Crippen MR) is 144 cm³/mol. The molecular formula is C27H45B2N3. The summed E-state index contributed by atoms with van der Waals surface area (Å²) in [6.45, 7) is 18.3. The van der Waals surface area contributed by atoms with E-state index in [1.807, 2.05) is 0 Å². The molecule has 1 aromatic carbocycles. The Labute approximate surface area is 199 Å². The third-order valence-electron chi connectivity index (χ3n) is 7.41. The van der Waals surface area contributed by atoms with E-state index in [0.717, 1.165) is 0 Å². The molecule has 0 aromatic heterocycles. The van der Waals surface area contributed by atoms with Crippen LogP contribution in [-0.2, 0) is 0 Å². The van der Waals surface area contributed by atoms with E-state index in [9.17, 15) is 0 Å². The Morgan fingerprint density at radius 1 is 0.938 bits per heavy atom. The highest BCUT2D eigenvalue weighted by Gasteiger charge is 2.57. The summed E-state index contributed by atoms with van der Waals surface area (Å²) in [7, 11) is 0. The number of unbranched alkanes of at least 4 members (excludes halogenated alkanes) is 3. The monoisotopic (exact) mass is 433 g/mol. The lowest BCUT2D eigenvalue weighted by molar-refractivity contribution is 0.249. The van der Waals surface area contributed by atoms with Gasteiger partial charge in [-0.3, -0.25) is 0 Å². The average molecular weight is 433 g/mol. The van der Waals surface area contributed by atoms with E-state index in [1.165, 1.54) is 57.2 Å². The average Bonchev–Trinajstić information content (AvgIpc) is 3.02. The molecule has 32 heavy (non-hydrogen) atoms. The highest BCUT2D eigenvalue weighted by molar-refractivity contribution is 6.74. The summed E-state index contributed by atoms with van der Waals surface area (Å²) >= 11 is 0. The summed E-state index contributed by atoms with van der Waals surface area (Å²) in [6, 6.07) is 11.1. The van der Waals surface area contributed by atoms with Crippen molar-refractivity contribution in [2.75, 3.05) is 11.4 Å². The standard InChI is InChI=1S/C24H37B2N3.C3H8/c1-6-7-8-14-19-27-25(4)28(20-15-10-9-11-16-20)23-24(2,3)21-17-12-13-18-22(21)29(23)26(27)5;1-3-2/h9-12,15-17,23H,6-8,13-14,18-19H2,1-5H3;3H2,1-2H3. The Hall–Kier alpha value is -1.61. The zero-order chi connectivity index (χ0) is 23.3. The molecule has 0 amide bonds. The molecule has 5 heteroatoms. The molecule has 174 valence electrons. The Morgan fingerprint density at radius 3 is 2.25 bits per heavy atom. The van der Waals surface area contributed by atoms with Crippen molar-refractivity contribution in [3.05, 3.63) is 53.8 Å². The van der Waals surface area contributed by atoms with Gasteiger partial charge in [0.05, 0.1) is 6.17 Å². The van der Waals surface area contributed by atoms with Crippen molar-refractivity contribution in [1.82, 2.24) is 9.53 Å². The van der Waals surface area contributed by atoms with Crippen LogP contribution >= 0.6 is 0 Å². The van der Waals surface area contributed by atoms with Crippen LogP contribution in [0.4, 0.5) is 5.69 Å². The van der Waals surface area contributed by atoms with Gasteiger partial charge in [-0.05, 0) is 43.5 Å². The topological polar surface area (TPSA) is 9.72 Å². The van der Waals surface area contributed by atoms with Crippen molar-refractivity contribution in [2.45, 2.75) is 99.4 Å². The fourth-order valence-corrected chi connectivity index (χ4v) is 5.94. The maximum Gasteiger partial charge on any atom is 0.331 e. The molecule has 0 N–H and O–H groups in total. The minimum Gasteiger partial charge on any atom is -0.386 e. The van der Waals surface area contributed by atoms with Gasteiger partial charge in [0.1, 0.15) is 0 Å². The molecule has 1 unspecified atom stereocenters. The van der Waals surface area contributed by atoms with E-state index in [2.05, 4.69) is 105 Å². The van der Waals surface area contributed by atoms with Crippen LogP contribution < -0.4 is 4.81 Å². The zero-order valence-electron chi connectivity index (χ0n) is 21.8. The summed E-state index contributed by atoms with van der Waals surface area (Å²) in [4.78, 5) is 5.47. The maximum atomic E-state index is 2.77. The molecule has 1 aliphatic carbocycles. The van der Waals surface area contributed by atoms with E-state index < -0.39 is 0 Å². The number of para-hydroxylation sites is 1. The Bertz CT molecular complexity index is 789. The molecule has 0 radical (unpaired) electrons. The van der Waals surface area contributed by atoms with E-state index in [4.69, 9.17) is 0 Å². The maximum absolute atomic E-state index is 2.77. The number of anilines is 1. The van der Waals surface area contributed by atoms with Crippen LogP contribution in [0.1, 0.15) is 79.6 Å². The van der Waals surface area contributed by atoms with Gasteiger partial charge in [-0.1, -0.05) is 104 Å². The van der Waals surface area contributed by atoms with E-state index >= 15 is 0 Å². The summed E-state index contributed by atoms with van der Waals surface area (Å²) in [5, 5.41) is 0. The van der Waals surface area contributed by atoms with Crippen LogP contribution in [0.3, 0.4) is 0 Å². The molecule has 3 aliphatic rings. The van der Waals surface area contributed by atoms with Crippen molar-refractivity contribution in [2.24, 2.45) is 5.41 Å². The second-order valence-electron chi connectivity index (χ2n) is 10.3. The largest absolute Gasteiger partial charge is 0.386 e. The van der Waals surface area contributed by atoms with Gasteiger partial charge < -0.3 is 14.3 Å². The van der Waals surface area contributed by atoms with Crippen LogP contribution in [0, 0.1) is 5.41 Å².